The fourth-order valence-corrected chi connectivity index (χ4v) is 3.90. The third-order valence-corrected chi connectivity index (χ3v) is 6.55. The molecule has 0 aromatic carbocycles. The standard InChI is InChI=1S/2C7H6N6O2.2C7H8N6/c1-5-9-10-11-12(5)7-3-2-6(4-8-7)13(14)15;1-5-9-11-12(10-5)7-3-2-6(4-8-7)13(14)15;1-5-10-11-12-13(5)7-3-2-6(8)4-9-7;1-5-10-12-13(11-5)7-3-2-6(8)4-9-7/h2*2-4H,1H3;2*2-4H,8H2,1H3. The van der Waals surface area contributed by atoms with Crippen molar-refractivity contribution in [1.82, 2.24) is 101 Å². The molecule has 0 saturated heterocycles. The zero-order valence-corrected chi connectivity index (χ0v) is 29.6. The first-order chi connectivity index (χ1) is 26.9. The van der Waals surface area contributed by atoms with Gasteiger partial charge in [-0.2, -0.15) is 9.36 Å². The second-order valence-corrected chi connectivity index (χ2v) is 10.7. The van der Waals surface area contributed by atoms with Gasteiger partial charge in [0.05, 0.1) is 33.6 Å². The van der Waals surface area contributed by atoms with Gasteiger partial charge in [-0.25, -0.2) is 19.9 Å². The first kappa shape index (κ1) is 38.5. The summed E-state index contributed by atoms with van der Waals surface area (Å²) in [6.45, 7) is 6.97. The third-order valence-electron chi connectivity index (χ3n) is 6.55. The molecule has 0 fully saturated rings. The topological polar surface area (TPSA) is 364 Å². The fraction of sp³-hybridized carbons (Fsp3) is 0.143. The number of nitrogen functional groups attached to an aromatic ring is 2. The van der Waals surface area contributed by atoms with E-state index in [1.54, 1.807) is 69.0 Å². The molecule has 8 aromatic heterocycles. The SMILES string of the molecule is Cc1nnn(-c2ccc(N)cn2)n1.Cc1nnn(-c2ccc([N+](=O)[O-])cn2)n1.Cc1nnnn1-c1ccc(N)cn1.Cc1nnnn1-c1ccc([N+](=O)[O-])cn1. The number of nitro groups is 2. The van der Waals surface area contributed by atoms with E-state index in [-0.39, 0.29) is 11.4 Å². The molecule has 0 radical (unpaired) electrons. The molecule has 0 saturated carbocycles. The molecule has 0 bridgehead atoms. The van der Waals surface area contributed by atoms with Crippen LogP contribution in [0.15, 0.2) is 73.3 Å². The maximum atomic E-state index is 10.4. The quantitative estimate of drug-likeness (QED) is 0.171. The van der Waals surface area contributed by atoms with Gasteiger partial charge >= 0.3 is 0 Å². The molecule has 0 atom stereocenters. The number of anilines is 2. The number of hydrogen-bond donors (Lipinski definition) is 2. The summed E-state index contributed by atoms with van der Waals surface area (Å²) < 4.78 is 2.93. The molecule has 8 heterocycles. The number of nitrogens with zero attached hydrogens (tertiary/aromatic N) is 22. The smallest absolute Gasteiger partial charge is 0.287 e. The highest BCUT2D eigenvalue weighted by atomic mass is 16.6. The number of hydrogen-bond acceptors (Lipinski definition) is 22. The van der Waals surface area contributed by atoms with Crippen molar-refractivity contribution >= 4 is 22.7 Å². The molecule has 0 spiro atoms. The van der Waals surface area contributed by atoms with Crippen LogP contribution in [0.25, 0.3) is 23.3 Å². The van der Waals surface area contributed by atoms with Gasteiger partial charge in [0.2, 0.25) is 0 Å². The van der Waals surface area contributed by atoms with Crippen LogP contribution in [0.3, 0.4) is 0 Å². The minimum Gasteiger partial charge on any atom is -0.397 e. The first-order valence-corrected chi connectivity index (χ1v) is 15.6. The average molecular weight is 765 g/mol. The van der Waals surface area contributed by atoms with E-state index in [4.69, 9.17) is 11.5 Å². The molecule has 8 aromatic rings. The molecule has 4 N–H and O–H groups in total. The molecule has 0 amide bonds. The van der Waals surface area contributed by atoms with Crippen LogP contribution in [-0.2, 0) is 0 Å². The van der Waals surface area contributed by atoms with Gasteiger partial charge in [0.25, 0.3) is 11.4 Å². The van der Waals surface area contributed by atoms with Gasteiger partial charge in [0, 0.05) is 12.1 Å². The van der Waals surface area contributed by atoms with Crippen molar-refractivity contribution in [2.24, 2.45) is 0 Å². The Morgan fingerprint density at radius 1 is 0.500 bits per heavy atom. The second-order valence-electron chi connectivity index (χ2n) is 10.7. The summed E-state index contributed by atoms with van der Waals surface area (Å²) in [5, 5.41) is 65.4. The van der Waals surface area contributed by atoms with Crippen molar-refractivity contribution in [1.29, 1.82) is 0 Å². The van der Waals surface area contributed by atoms with Crippen LogP contribution >= 0.6 is 0 Å². The first-order valence-electron chi connectivity index (χ1n) is 15.6. The molecule has 0 aliphatic rings. The van der Waals surface area contributed by atoms with E-state index < -0.39 is 9.85 Å². The zero-order chi connectivity index (χ0) is 40.2. The normalized spacial score (nSPS) is 10.2. The maximum Gasteiger partial charge on any atom is 0.287 e. The third kappa shape index (κ3) is 10.2. The lowest BCUT2D eigenvalue weighted by molar-refractivity contribution is -0.385. The summed E-state index contributed by atoms with van der Waals surface area (Å²) in [7, 11) is 0. The van der Waals surface area contributed by atoms with Crippen LogP contribution in [0, 0.1) is 47.9 Å². The number of aryl methyl sites for hydroxylation is 4. The monoisotopic (exact) mass is 764 g/mol. The van der Waals surface area contributed by atoms with Crippen molar-refractivity contribution in [2.45, 2.75) is 27.7 Å². The summed E-state index contributed by atoms with van der Waals surface area (Å²) in [6, 6.07) is 12.6. The Labute approximate surface area is 312 Å². The molecular formula is C28H28N24O4. The van der Waals surface area contributed by atoms with Crippen LogP contribution < -0.4 is 11.5 Å². The summed E-state index contributed by atoms with van der Waals surface area (Å²) >= 11 is 0. The summed E-state index contributed by atoms with van der Waals surface area (Å²) in [6.07, 6.45) is 5.43. The highest BCUT2D eigenvalue weighted by Gasteiger charge is 2.10. The molecular weight excluding hydrogens is 736 g/mol. The van der Waals surface area contributed by atoms with Crippen LogP contribution in [0.4, 0.5) is 22.7 Å². The molecule has 0 unspecified atom stereocenters. The highest BCUT2D eigenvalue weighted by Crippen LogP contribution is 2.12. The number of pyridine rings is 4. The molecule has 0 aliphatic heterocycles. The number of tetrazole rings is 4. The predicted octanol–water partition coefficient (Wildman–Crippen LogP) is 0.444. The number of aromatic nitrogens is 20. The van der Waals surface area contributed by atoms with Gasteiger partial charge in [-0.05, 0) is 95.4 Å². The van der Waals surface area contributed by atoms with E-state index in [0.29, 0.717) is 57.9 Å². The highest BCUT2D eigenvalue weighted by molar-refractivity contribution is 5.39. The van der Waals surface area contributed by atoms with Crippen molar-refractivity contribution in [2.75, 3.05) is 11.5 Å². The Hall–Kier alpha value is -8.72. The Morgan fingerprint density at radius 2 is 0.875 bits per heavy atom. The van der Waals surface area contributed by atoms with Gasteiger partial charge in [-0.15, -0.1) is 40.2 Å². The van der Waals surface area contributed by atoms with Crippen molar-refractivity contribution in [3.8, 4) is 23.3 Å². The van der Waals surface area contributed by atoms with Crippen molar-refractivity contribution in [3.63, 3.8) is 0 Å². The van der Waals surface area contributed by atoms with E-state index >= 15 is 0 Å². The Balaban J connectivity index is 0.000000143. The Kier molecular flexibility index (Phi) is 12.2. The van der Waals surface area contributed by atoms with E-state index in [2.05, 4.69) is 81.8 Å². The summed E-state index contributed by atoms with van der Waals surface area (Å²) in [5.74, 6) is 4.48. The minimum atomic E-state index is -0.517. The van der Waals surface area contributed by atoms with E-state index in [1.807, 2.05) is 0 Å². The minimum absolute atomic E-state index is 0.0653. The van der Waals surface area contributed by atoms with Gasteiger partial charge in [0.15, 0.2) is 46.6 Å². The molecule has 28 heteroatoms. The van der Waals surface area contributed by atoms with Crippen LogP contribution in [0.5, 0.6) is 0 Å². The van der Waals surface area contributed by atoms with Gasteiger partial charge in [0.1, 0.15) is 12.4 Å². The maximum absolute atomic E-state index is 10.4. The van der Waals surface area contributed by atoms with Gasteiger partial charge in [-0.1, -0.05) is 0 Å². The summed E-state index contributed by atoms with van der Waals surface area (Å²) in [5.41, 5.74) is 12.1. The molecule has 56 heavy (non-hydrogen) atoms. The fourth-order valence-electron chi connectivity index (χ4n) is 3.90. The van der Waals surface area contributed by atoms with Gasteiger partial charge in [-0.3, -0.25) is 20.2 Å². The van der Waals surface area contributed by atoms with Crippen molar-refractivity contribution < 1.29 is 9.85 Å². The predicted molar refractivity (Wildman–Crippen MR) is 189 cm³/mol. The van der Waals surface area contributed by atoms with Crippen LogP contribution in [0.1, 0.15) is 23.3 Å². The number of rotatable bonds is 6. The van der Waals surface area contributed by atoms with E-state index in [0.717, 1.165) is 12.4 Å². The molecule has 284 valence electrons. The average Bonchev–Trinajstić information content (AvgIpc) is 4.03. The molecule has 8 rings (SSSR count). The van der Waals surface area contributed by atoms with E-state index in [1.165, 1.54) is 38.5 Å². The second kappa shape index (κ2) is 17.7. The van der Waals surface area contributed by atoms with E-state index in [9.17, 15) is 20.2 Å². The van der Waals surface area contributed by atoms with Crippen molar-refractivity contribution in [3.05, 3.63) is 117 Å². The summed E-state index contributed by atoms with van der Waals surface area (Å²) in [4.78, 5) is 38.1. The molecule has 0 aliphatic carbocycles. The number of nitrogens with two attached hydrogens (primary N) is 2. The van der Waals surface area contributed by atoms with Gasteiger partial charge < -0.3 is 11.5 Å². The van der Waals surface area contributed by atoms with Crippen LogP contribution in [0.2, 0.25) is 0 Å². The Bertz CT molecular complexity index is 2490. The Morgan fingerprint density at radius 3 is 1.16 bits per heavy atom. The lowest BCUT2D eigenvalue weighted by Crippen LogP contribution is -2.02. The largest absolute Gasteiger partial charge is 0.397 e. The zero-order valence-electron chi connectivity index (χ0n) is 29.6. The lowest BCUT2D eigenvalue weighted by Gasteiger charge is -1.99. The van der Waals surface area contributed by atoms with Crippen LogP contribution in [-0.4, -0.2) is 111 Å². The molecule has 28 nitrogen and oxygen atoms in total. The lowest BCUT2D eigenvalue weighted by atomic mass is 10.4.